The smallest absolute Gasteiger partial charge is 0.105 e. The van der Waals surface area contributed by atoms with E-state index in [1.807, 2.05) is 12.1 Å². The van der Waals surface area contributed by atoms with Crippen molar-refractivity contribution in [2.75, 3.05) is 5.88 Å². The Balaban J connectivity index is 2.76. The number of aliphatic hydroxyl groups excluding tert-OH is 2. The van der Waals surface area contributed by atoms with E-state index in [0.29, 0.717) is 24.4 Å². The van der Waals surface area contributed by atoms with E-state index in [4.69, 9.17) is 17.3 Å². The van der Waals surface area contributed by atoms with Crippen LogP contribution >= 0.6 is 11.6 Å². The van der Waals surface area contributed by atoms with Crippen LogP contribution in [-0.4, -0.2) is 22.2 Å². The quantitative estimate of drug-likeness (QED) is 0.664. The highest BCUT2D eigenvalue weighted by Gasteiger charge is 2.17. The summed E-state index contributed by atoms with van der Waals surface area (Å²) in [4.78, 5) is 0. The fourth-order valence-electron chi connectivity index (χ4n) is 1.40. The summed E-state index contributed by atoms with van der Waals surface area (Å²) in [5, 5.41) is 19.4. The van der Waals surface area contributed by atoms with Gasteiger partial charge in [-0.3, -0.25) is 0 Å². The van der Waals surface area contributed by atoms with Crippen LogP contribution in [0.1, 0.15) is 23.7 Å². The SMILES string of the molecule is NCc1cccc(C(O)C(O)CCCl)c1. The Kier molecular flexibility index (Phi) is 5.05. The Morgan fingerprint density at radius 2 is 2.07 bits per heavy atom. The molecule has 0 aromatic heterocycles. The van der Waals surface area contributed by atoms with Gasteiger partial charge in [0.25, 0.3) is 0 Å². The minimum atomic E-state index is -0.893. The van der Waals surface area contributed by atoms with E-state index in [1.54, 1.807) is 12.1 Å². The second kappa shape index (κ2) is 6.08. The summed E-state index contributed by atoms with van der Waals surface area (Å²) in [6, 6.07) is 7.25. The molecule has 0 spiro atoms. The molecule has 2 unspecified atom stereocenters. The van der Waals surface area contributed by atoms with E-state index in [1.165, 1.54) is 0 Å². The third-order valence-corrected chi connectivity index (χ3v) is 2.52. The highest BCUT2D eigenvalue weighted by atomic mass is 35.5. The fraction of sp³-hybridized carbons (Fsp3) is 0.455. The molecule has 0 heterocycles. The zero-order chi connectivity index (χ0) is 11.3. The molecule has 3 nitrogen and oxygen atoms in total. The van der Waals surface area contributed by atoms with Gasteiger partial charge in [-0.2, -0.15) is 0 Å². The van der Waals surface area contributed by atoms with Crippen molar-refractivity contribution < 1.29 is 10.2 Å². The lowest BCUT2D eigenvalue weighted by molar-refractivity contribution is 0.0169. The van der Waals surface area contributed by atoms with Crippen molar-refractivity contribution >= 4 is 11.6 Å². The van der Waals surface area contributed by atoms with Gasteiger partial charge in [0.15, 0.2) is 0 Å². The van der Waals surface area contributed by atoms with Crippen molar-refractivity contribution in [2.24, 2.45) is 5.73 Å². The lowest BCUT2D eigenvalue weighted by Gasteiger charge is -2.17. The number of hydrogen-bond acceptors (Lipinski definition) is 3. The molecular weight excluding hydrogens is 214 g/mol. The van der Waals surface area contributed by atoms with Gasteiger partial charge in [0, 0.05) is 12.4 Å². The van der Waals surface area contributed by atoms with Crippen molar-refractivity contribution in [3.8, 4) is 0 Å². The summed E-state index contributed by atoms with van der Waals surface area (Å²) >= 11 is 5.50. The summed E-state index contributed by atoms with van der Waals surface area (Å²) < 4.78 is 0. The van der Waals surface area contributed by atoms with E-state index in [9.17, 15) is 10.2 Å². The first-order valence-electron chi connectivity index (χ1n) is 4.90. The van der Waals surface area contributed by atoms with Crippen LogP contribution in [0.5, 0.6) is 0 Å². The summed E-state index contributed by atoms with van der Waals surface area (Å²) in [5.74, 6) is 0.328. The van der Waals surface area contributed by atoms with Gasteiger partial charge >= 0.3 is 0 Å². The first-order valence-corrected chi connectivity index (χ1v) is 5.43. The zero-order valence-electron chi connectivity index (χ0n) is 8.44. The molecule has 1 aromatic rings. The predicted molar refractivity (Wildman–Crippen MR) is 60.6 cm³/mol. The van der Waals surface area contributed by atoms with E-state index < -0.39 is 12.2 Å². The Hall–Kier alpha value is -0.610. The molecule has 0 aliphatic heterocycles. The average molecular weight is 230 g/mol. The Morgan fingerprint density at radius 3 is 2.67 bits per heavy atom. The minimum absolute atomic E-state index is 0.328. The molecule has 15 heavy (non-hydrogen) atoms. The van der Waals surface area contributed by atoms with E-state index in [-0.39, 0.29) is 0 Å². The first kappa shape index (κ1) is 12.5. The first-order chi connectivity index (χ1) is 7.19. The second-order valence-corrected chi connectivity index (χ2v) is 3.82. The summed E-state index contributed by atoms with van der Waals surface area (Å²) in [6.45, 7) is 0.423. The lowest BCUT2D eigenvalue weighted by atomic mass is 10.0. The topological polar surface area (TPSA) is 66.5 Å². The normalized spacial score (nSPS) is 14.9. The van der Waals surface area contributed by atoms with Crippen molar-refractivity contribution in [1.29, 1.82) is 0 Å². The Labute approximate surface area is 94.5 Å². The number of benzene rings is 1. The molecule has 84 valence electrons. The van der Waals surface area contributed by atoms with Crippen LogP contribution in [0.25, 0.3) is 0 Å². The molecule has 1 aromatic carbocycles. The number of hydrogen-bond donors (Lipinski definition) is 3. The number of halogens is 1. The standard InChI is InChI=1S/C11H16ClNO2/c12-5-4-10(14)11(15)9-3-1-2-8(6-9)7-13/h1-3,6,10-11,14-15H,4-5,7,13H2. The maximum absolute atomic E-state index is 9.79. The third kappa shape index (κ3) is 3.47. The van der Waals surface area contributed by atoms with Gasteiger partial charge in [0.05, 0.1) is 6.10 Å². The Bertz CT molecular complexity index is 306. The molecule has 0 aliphatic carbocycles. The third-order valence-electron chi connectivity index (χ3n) is 2.30. The molecule has 0 radical (unpaired) electrons. The molecule has 1 rings (SSSR count). The van der Waals surface area contributed by atoms with Crippen molar-refractivity contribution in [1.82, 2.24) is 0 Å². The molecule has 2 atom stereocenters. The van der Waals surface area contributed by atoms with Gasteiger partial charge in [0.1, 0.15) is 6.10 Å². The van der Waals surface area contributed by atoms with Crippen molar-refractivity contribution in [3.63, 3.8) is 0 Å². The van der Waals surface area contributed by atoms with Gasteiger partial charge in [-0.25, -0.2) is 0 Å². The summed E-state index contributed by atoms with van der Waals surface area (Å²) in [6.07, 6.45) is -1.35. The molecule has 0 fully saturated rings. The monoisotopic (exact) mass is 229 g/mol. The molecule has 4 heteroatoms. The van der Waals surface area contributed by atoms with Crippen LogP contribution in [0.2, 0.25) is 0 Å². The highest BCUT2D eigenvalue weighted by Crippen LogP contribution is 2.20. The number of alkyl halides is 1. The van der Waals surface area contributed by atoms with Gasteiger partial charge in [0.2, 0.25) is 0 Å². The second-order valence-electron chi connectivity index (χ2n) is 3.44. The van der Waals surface area contributed by atoms with Crippen LogP contribution in [0.3, 0.4) is 0 Å². The molecular formula is C11H16ClNO2. The van der Waals surface area contributed by atoms with Gasteiger partial charge in [-0.05, 0) is 17.5 Å². The van der Waals surface area contributed by atoms with Gasteiger partial charge in [-0.1, -0.05) is 24.3 Å². The van der Waals surface area contributed by atoms with E-state index >= 15 is 0 Å². The number of rotatable bonds is 5. The van der Waals surface area contributed by atoms with E-state index in [2.05, 4.69) is 0 Å². The van der Waals surface area contributed by atoms with Gasteiger partial charge < -0.3 is 15.9 Å². The maximum Gasteiger partial charge on any atom is 0.105 e. The van der Waals surface area contributed by atoms with Gasteiger partial charge in [-0.15, -0.1) is 11.6 Å². The Morgan fingerprint density at radius 1 is 1.33 bits per heavy atom. The molecule has 0 amide bonds. The predicted octanol–water partition coefficient (Wildman–Crippen LogP) is 1.17. The fourth-order valence-corrected chi connectivity index (χ4v) is 1.62. The van der Waals surface area contributed by atoms with Crippen molar-refractivity contribution in [2.45, 2.75) is 25.2 Å². The lowest BCUT2D eigenvalue weighted by Crippen LogP contribution is -2.18. The van der Waals surface area contributed by atoms with Crippen LogP contribution in [-0.2, 0) is 6.54 Å². The molecule has 0 saturated carbocycles. The van der Waals surface area contributed by atoms with Crippen molar-refractivity contribution in [3.05, 3.63) is 35.4 Å². The van der Waals surface area contributed by atoms with Crippen LogP contribution in [0.4, 0.5) is 0 Å². The highest BCUT2D eigenvalue weighted by molar-refractivity contribution is 6.17. The van der Waals surface area contributed by atoms with Crippen LogP contribution in [0.15, 0.2) is 24.3 Å². The van der Waals surface area contributed by atoms with Crippen LogP contribution < -0.4 is 5.73 Å². The van der Waals surface area contributed by atoms with E-state index in [0.717, 1.165) is 5.56 Å². The summed E-state index contributed by atoms with van der Waals surface area (Å²) in [7, 11) is 0. The largest absolute Gasteiger partial charge is 0.390 e. The number of nitrogens with two attached hydrogens (primary N) is 1. The number of aliphatic hydroxyl groups is 2. The molecule has 0 aliphatic rings. The molecule has 4 N–H and O–H groups in total. The molecule has 0 saturated heterocycles. The summed E-state index contributed by atoms with van der Waals surface area (Å²) in [5.41, 5.74) is 7.10. The minimum Gasteiger partial charge on any atom is -0.390 e. The maximum atomic E-state index is 9.79. The zero-order valence-corrected chi connectivity index (χ0v) is 9.19. The van der Waals surface area contributed by atoms with Crippen LogP contribution in [0, 0.1) is 0 Å². The molecule has 0 bridgehead atoms. The average Bonchev–Trinajstić information content (AvgIpc) is 2.28.